The summed E-state index contributed by atoms with van der Waals surface area (Å²) in [6.45, 7) is 17.0. The van der Waals surface area contributed by atoms with E-state index in [0.29, 0.717) is 6.42 Å². The maximum Gasteiger partial charge on any atom is 0.311 e. The van der Waals surface area contributed by atoms with Crippen LogP contribution < -0.4 is 0 Å². The van der Waals surface area contributed by atoms with Crippen molar-refractivity contribution in [2.45, 2.75) is 162 Å². The Balaban J connectivity index is 1.82. The van der Waals surface area contributed by atoms with Gasteiger partial charge in [0.15, 0.2) is 35.9 Å². The zero-order valence-corrected chi connectivity index (χ0v) is 34.2. The van der Waals surface area contributed by atoms with Gasteiger partial charge in [-0.15, -0.1) is 0 Å². The van der Waals surface area contributed by atoms with Crippen LogP contribution in [-0.2, 0) is 66.6 Å². The van der Waals surface area contributed by atoms with Crippen LogP contribution in [0.5, 0.6) is 0 Å². The van der Waals surface area contributed by atoms with Gasteiger partial charge in [-0.1, -0.05) is 27.7 Å². The van der Waals surface area contributed by atoms with Crippen LogP contribution in [0.25, 0.3) is 0 Å². The zero-order valence-electron chi connectivity index (χ0n) is 34.2. The molecule has 0 aliphatic carbocycles. The predicted octanol–water partition coefficient (Wildman–Crippen LogP) is 3.26. The van der Waals surface area contributed by atoms with E-state index in [1.54, 1.807) is 34.6 Å². The lowest BCUT2D eigenvalue weighted by molar-refractivity contribution is -0.294. The molecule has 4 aliphatic rings. The van der Waals surface area contributed by atoms with Gasteiger partial charge < -0.3 is 47.5 Å². The van der Waals surface area contributed by atoms with E-state index in [0.717, 1.165) is 0 Å². The van der Waals surface area contributed by atoms with Crippen molar-refractivity contribution in [3.8, 4) is 0 Å². The highest BCUT2D eigenvalue weighted by atomic mass is 16.7. The maximum atomic E-state index is 14.3. The van der Waals surface area contributed by atoms with Crippen LogP contribution in [0.2, 0.25) is 0 Å². The van der Waals surface area contributed by atoms with Crippen LogP contribution in [0.4, 0.5) is 0 Å². The Hall–Kier alpha value is -2.53. The van der Waals surface area contributed by atoms with Crippen molar-refractivity contribution in [2.75, 3.05) is 27.8 Å². The molecule has 4 saturated heterocycles. The first-order valence-corrected chi connectivity index (χ1v) is 19.3. The molecule has 0 radical (unpaired) electrons. The predicted molar refractivity (Wildman–Crippen MR) is 192 cm³/mol. The normalized spacial score (nSPS) is 44.0. The second kappa shape index (κ2) is 18.2. The van der Waals surface area contributed by atoms with Crippen molar-refractivity contribution in [1.29, 1.82) is 0 Å². The third-order valence-electron chi connectivity index (χ3n) is 11.7. The van der Waals surface area contributed by atoms with Gasteiger partial charge in [-0.25, -0.2) is 0 Å². The number of nitrogens with zero attached hydrogens (tertiary/aromatic N) is 1. The number of rotatable bonds is 8. The molecule has 15 heteroatoms. The first-order chi connectivity index (χ1) is 25.2. The van der Waals surface area contributed by atoms with Gasteiger partial charge >= 0.3 is 17.9 Å². The number of methoxy groups -OCH3 is 1. The molecule has 4 fully saturated rings. The molecule has 4 aliphatic heterocycles. The highest BCUT2D eigenvalue weighted by Gasteiger charge is 2.58. The average Bonchev–Trinajstić information content (AvgIpc) is 3.88. The molecule has 0 amide bonds. The van der Waals surface area contributed by atoms with Crippen molar-refractivity contribution in [3.63, 3.8) is 0 Å². The van der Waals surface area contributed by atoms with Crippen LogP contribution in [0.3, 0.4) is 0 Å². The van der Waals surface area contributed by atoms with Gasteiger partial charge in [-0.3, -0.25) is 24.0 Å². The number of hydrogen-bond donors (Lipinski definition) is 0. The quantitative estimate of drug-likeness (QED) is 0.200. The molecule has 0 N–H and O–H groups in total. The van der Waals surface area contributed by atoms with Crippen molar-refractivity contribution < 1.29 is 66.6 Å². The molecule has 17 atom stereocenters. The summed E-state index contributed by atoms with van der Waals surface area (Å²) in [4.78, 5) is 68.0. The van der Waals surface area contributed by atoms with Crippen molar-refractivity contribution in [1.82, 2.24) is 4.90 Å². The molecule has 4 heterocycles. The Morgan fingerprint density at radius 2 is 1.39 bits per heavy atom. The molecule has 15 nitrogen and oxygen atoms in total. The van der Waals surface area contributed by atoms with E-state index in [1.165, 1.54) is 21.0 Å². The second-order valence-corrected chi connectivity index (χ2v) is 16.3. The number of likely N-dealkylation sites (N-methyl/N-ethyl adjacent to an activating group) is 1. The molecule has 0 bridgehead atoms. The number of esters is 3. The van der Waals surface area contributed by atoms with Gasteiger partial charge in [0.1, 0.15) is 24.4 Å². The van der Waals surface area contributed by atoms with Gasteiger partial charge in [-0.05, 0) is 60.5 Å². The topological polar surface area (TPSA) is 175 Å². The summed E-state index contributed by atoms with van der Waals surface area (Å²) in [5.41, 5.74) is -1.18. The van der Waals surface area contributed by atoms with Crippen molar-refractivity contribution in [3.05, 3.63) is 0 Å². The number of ketones is 2. The standard InChI is InChI=1S/C39H63NO14/c1-18-16-39(17-47-39)36(44)22(5)33(51-26(9)41)20(3)24(7)50-37(45)23(6)34(53-30-15-29(46-13)31(43)25(8)49-30)21(4)32(18)54-38-35(52-27(10)42)28(40(11)12)14-19(2)48-38/h18-25,28-30,32-35,38H,14-17H2,1-13H3/t18?,19?,20-,21?,22+,23?,24?,25?,28?,29?,30-,32-,33-,34?,35+,38?,39+/m0/s1. The molecular formula is C39H63NO14. The minimum absolute atomic E-state index is 0.0921. The summed E-state index contributed by atoms with van der Waals surface area (Å²) in [6.07, 6.45) is -7.11. The van der Waals surface area contributed by atoms with E-state index >= 15 is 0 Å². The Morgan fingerprint density at radius 3 is 1.94 bits per heavy atom. The molecule has 0 saturated carbocycles. The molecule has 308 valence electrons. The summed E-state index contributed by atoms with van der Waals surface area (Å²) in [5.74, 6) is -5.39. The fourth-order valence-corrected chi connectivity index (χ4v) is 8.45. The first kappa shape index (κ1) is 44.2. The summed E-state index contributed by atoms with van der Waals surface area (Å²) in [5, 5.41) is 0. The zero-order chi connectivity index (χ0) is 40.4. The number of cyclic esters (lactones) is 1. The van der Waals surface area contributed by atoms with Gasteiger partial charge in [0.2, 0.25) is 0 Å². The van der Waals surface area contributed by atoms with E-state index in [1.807, 2.05) is 39.8 Å². The first-order valence-electron chi connectivity index (χ1n) is 19.3. The van der Waals surface area contributed by atoms with Crippen molar-refractivity contribution >= 4 is 29.5 Å². The smallest absolute Gasteiger partial charge is 0.311 e. The largest absolute Gasteiger partial charge is 0.462 e. The lowest BCUT2D eigenvalue weighted by Crippen LogP contribution is -2.58. The number of epoxide rings is 1. The van der Waals surface area contributed by atoms with Crippen LogP contribution in [0.1, 0.15) is 88.5 Å². The van der Waals surface area contributed by atoms with E-state index in [9.17, 15) is 24.0 Å². The number of Topliss-reactive ketones (excluding diaryl/α,β-unsaturated/α-hetero) is 2. The summed E-state index contributed by atoms with van der Waals surface area (Å²) >= 11 is 0. The maximum absolute atomic E-state index is 14.3. The van der Waals surface area contributed by atoms with Crippen LogP contribution in [0, 0.1) is 29.6 Å². The van der Waals surface area contributed by atoms with Gasteiger partial charge in [0.05, 0.1) is 42.8 Å². The Kier molecular flexibility index (Phi) is 14.9. The molecule has 10 unspecified atom stereocenters. The monoisotopic (exact) mass is 769 g/mol. The summed E-state index contributed by atoms with van der Waals surface area (Å²) < 4.78 is 55.1. The summed E-state index contributed by atoms with van der Waals surface area (Å²) in [7, 11) is 5.24. The van der Waals surface area contributed by atoms with E-state index in [4.69, 9.17) is 42.6 Å². The third-order valence-corrected chi connectivity index (χ3v) is 11.7. The number of carbonyl (C=O) groups is 5. The minimum atomic E-state index is -1.18. The Bertz CT molecular complexity index is 1350. The average molecular weight is 770 g/mol. The highest BCUT2D eigenvalue weighted by Crippen LogP contribution is 2.44. The number of hydrogen-bond acceptors (Lipinski definition) is 15. The van der Waals surface area contributed by atoms with E-state index in [2.05, 4.69) is 0 Å². The van der Waals surface area contributed by atoms with E-state index < -0.39 is 108 Å². The van der Waals surface area contributed by atoms with Crippen LogP contribution in [0.15, 0.2) is 0 Å². The number of carbonyl (C=O) groups excluding carboxylic acids is 5. The third kappa shape index (κ3) is 10.1. The molecule has 1 spiro atoms. The van der Waals surface area contributed by atoms with Gasteiger partial charge in [0.25, 0.3) is 0 Å². The van der Waals surface area contributed by atoms with Crippen LogP contribution in [-0.4, -0.2) is 135 Å². The second-order valence-electron chi connectivity index (χ2n) is 16.3. The molecule has 54 heavy (non-hydrogen) atoms. The highest BCUT2D eigenvalue weighted by molar-refractivity contribution is 5.92. The lowest BCUT2D eigenvalue weighted by Gasteiger charge is -2.46. The molecule has 4 rings (SSSR count). The Labute approximate surface area is 319 Å². The minimum Gasteiger partial charge on any atom is -0.462 e. The molecule has 0 aromatic carbocycles. The molecule has 0 aromatic rings. The molecular weight excluding hydrogens is 706 g/mol. The number of ether oxygens (including phenoxy) is 9. The fraction of sp³-hybridized carbons (Fsp3) is 0.872. The SMILES string of the molecule is COC1C[C@H](OC2C(C)C(=O)OC(C)[C@H](C)[C@H](OC(C)=O)[C@@H](C)C(=O)[C@]3(CO3)CC(C)[C@H](OC3OC(C)CC(N(C)C)[C@H]3OC(C)=O)C2C)OC(C)C1=O. The van der Waals surface area contributed by atoms with Crippen molar-refractivity contribution in [2.24, 2.45) is 29.6 Å². The lowest BCUT2D eigenvalue weighted by atomic mass is 9.76. The van der Waals surface area contributed by atoms with Gasteiger partial charge in [0, 0.05) is 39.2 Å². The molecule has 0 aromatic heterocycles. The van der Waals surface area contributed by atoms with Crippen LogP contribution >= 0.6 is 0 Å². The Morgan fingerprint density at radius 1 is 0.778 bits per heavy atom. The summed E-state index contributed by atoms with van der Waals surface area (Å²) in [6, 6.07) is -0.240. The fourth-order valence-electron chi connectivity index (χ4n) is 8.45. The van der Waals surface area contributed by atoms with E-state index in [-0.39, 0.29) is 43.2 Å². The van der Waals surface area contributed by atoms with Gasteiger partial charge in [-0.2, -0.15) is 0 Å².